The number of rotatable bonds is 6. The van der Waals surface area contributed by atoms with Crippen LogP contribution in [0.1, 0.15) is 17.3 Å². The topological polar surface area (TPSA) is 69.7 Å². The molecule has 0 fully saturated rings. The first-order chi connectivity index (χ1) is 8.69. The molecule has 0 saturated heterocycles. The maximum atomic E-state index is 11.9. The van der Waals surface area contributed by atoms with Crippen molar-refractivity contribution in [2.24, 2.45) is 0 Å². The molecule has 1 unspecified atom stereocenters. The molecule has 0 saturated carbocycles. The Labute approximate surface area is 109 Å². The van der Waals surface area contributed by atoms with Crippen molar-refractivity contribution < 1.29 is 30.9 Å². The van der Waals surface area contributed by atoms with E-state index in [1.165, 1.54) is 31.2 Å². The highest BCUT2D eigenvalue weighted by molar-refractivity contribution is 7.86. The number of hydrogen-bond acceptors (Lipinski definition) is 5. The Kier molecular flexibility index (Phi) is 4.96. The lowest BCUT2D eigenvalue weighted by Gasteiger charge is -2.10. The number of benzene rings is 1. The monoisotopic (exact) mass is 294 g/mol. The Hall–Kier alpha value is -1.54. The van der Waals surface area contributed by atoms with Crippen LogP contribution in [0, 0.1) is 0 Å². The van der Waals surface area contributed by atoms with Gasteiger partial charge in [-0.05, 0) is 31.2 Å². The first-order valence-corrected chi connectivity index (χ1v) is 6.98. The molecule has 0 aliphatic carbocycles. The number of carbonyl (C=O) groups excluding carboxylic acids is 1. The van der Waals surface area contributed by atoms with Crippen LogP contribution in [0.15, 0.2) is 24.3 Å². The van der Waals surface area contributed by atoms with Gasteiger partial charge in [0.1, 0.15) is 11.9 Å². The van der Waals surface area contributed by atoms with E-state index in [9.17, 15) is 22.0 Å². The average Bonchev–Trinajstić information content (AvgIpc) is 2.26. The molecule has 106 valence electrons. The second kappa shape index (κ2) is 6.07. The maximum absolute atomic E-state index is 11.9. The summed E-state index contributed by atoms with van der Waals surface area (Å²) in [5, 5.41) is 0. The van der Waals surface area contributed by atoms with Gasteiger partial charge in [-0.3, -0.25) is 8.98 Å². The first-order valence-electron chi connectivity index (χ1n) is 5.16. The number of Topliss-reactive ketones (excluding diaryl/α,β-unsaturated/α-hetero) is 1. The number of ether oxygens (including phenoxy) is 1. The zero-order chi connectivity index (χ0) is 14.6. The van der Waals surface area contributed by atoms with Crippen LogP contribution in [-0.4, -0.2) is 33.2 Å². The predicted octanol–water partition coefficient (Wildman–Crippen LogP) is 1.84. The molecule has 5 nitrogen and oxygen atoms in total. The molecule has 0 bridgehead atoms. The van der Waals surface area contributed by atoms with Gasteiger partial charge in [-0.1, -0.05) is 0 Å². The van der Waals surface area contributed by atoms with E-state index in [1.54, 1.807) is 0 Å². The van der Waals surface area contributed by atoms with Gasteiger partial charge in [0.15, 0.2) is 5.78 Å². The van der Waals surface area contributed by atoms with Crippen molar-refractivity contribution in [1.29, 1.82) is 0 Å². The van der Waals surface area contributed by atoms with Crippen LogP contribution in [-0.2, 0) is 14.3 Å². The molecule has 0 spiro atoms. The van der Waals surface area contributed by atoms with Gasteiger partial charge < -0.3 is 4.74 Å². The molecule has 8 heteroatoms. The summed E-state index contributed by atoms with van der Waals surface area (Å²) >= 11 is 0. The fourth-order valence-electron chi connectivity index (χ4n) is 1.34. The summed E-state index contributed by atoms with van der Waals surface area (Å²) in [7, 11) is -3.75. The minimum absolute atomic E-state index is 0.0942. The van der Waals surface area contributed by atoms with Crippen molar-refractivity contribution in [3.63, 3.8) is 0 Å². The molecule has 0 amide bonds. The SMILES string of the molecule is CC(OS(C)(=O)=O)C(=O)c1ccc(OC(F)F)cc1. The van der Waals surface area contributed by atoms with Crippen molar-refractivity contribution in [2.45, 2.75) is 19.6 Å². The summed E-state index contributed by atoms with van der Waals surface area (Å²) in [6, 6.07) is 4.88. The Bertz CT molecular complexity index is 539. The van der Waals surface area contributed by atoms with Gasteiger partial charge in [0, 0.05) is 5.56 Å². The number of carbonyl (C=O) groups is 1. The van der Waals surface area contributed by atoms with Crippen molar-refractivity contribution in [1.82, 2.24) is 0 Å². The van der Waals surface area contributed by atoms with Crippen molar-refractivity contribution in [2.75, 3.05) is 6.26 Å². The fraction of sp³-hybridized carbons (Fsp3) is 0.364. The lowest BCUT2D eigenvalue weighted by Crippen LogP contribution is -2.23. The van der Waals surface area contributed by atoms with E-state index < -0.39 is 28.6 Å². The quantitative estimate of drug-likeness (QED) is 0.591. The molecule has 0 radical (unpaired) electrons. The largest absolute Gasteiger partial charge is 0.435 e. The number of alkyl halides is 2. The molecule has 1 aromatic carbocycles. The Morgan fingerprint density at radius 2 is 1.74 bits per heavy atom. The molecule has 19 heavy (non-hydrogen) atoms. The highest BCUT2D eigenvalue weighted by atomic mass is 32.2. The minimum Gasteiger partial charge on any atom is -0.435 e. The average molecular weight is 294 g/mol. The second-order valence-corrected chi connectivity index (χ2v) is 5.31. The fourth-order valence-corrected chi connectivity index (χ4v) is 1.95. The molecule has 1 atom stereocenters. The highest BCUT2D eigenvalue weighted by Gasteiger charge is 2.20. The maximum Gasteiger partial charge on any atom is 0.387 e. The van der Waals surface area contributed by atoms with Gasteiger partial charge in [0.2, 0.25) is 0 Å². The Balaban J connectivity index is 2.78. The van der Waals surface area contributed by atoms with E-state index >= 15 is 0 Å². The summed E-state index contributed by atoms with van der Waals surface area (Å²) in [6.45, 7) is -1.67. The van der Waals surface area contributed by atoms with Crippen LogP contribution in [0.3, 0.4) is 0 Å². The number of ketones is 1. The van der Waals surface area contributed by atoms with Gasteiger partial charge >= 0.3 is 6.61 Å². The first kappa shape index (κ1) is 15.5. The van der Waals surface area contributed by atoms with E-state index in [4.69, 9.17) is 0 Å². The smallest absolute Gasteiger partial charge is 0.387 e. The van der Waals surface area contributed by atoms with Gasteiger partial charge in [-0.2, -0.15) is 17.2 Å². The van der Waals surface area contributed by atoms with E-state index in [-0.39, 0.29) is 11.3 Å². The zero-order valence-electron chi connectivity index (χ0n) is 10.2. The lowest BCUT2D eigenvalue weighted by atomic mass is 10.1. The van der Waals surface area contributed by atoms with Gasteiger partial charge in [0.05, 0.1) is 6.26 Å². The molecule has 1 rings (SSSR count). The predicted molar refractivity (Wildman–Crippen MR) is 62.8 cm³/mol. The third-order valence-electron chi connectivity index (χ3n) is 2.05. The third kappa shape index (κ3) is 5.31. The molecule has 0 N–H and O–H groups in total. The van der Waals surface area contributed by atoms with Crippen LogP contribution in [0.2, 0.25) is 0 Å². The van der Waals surface area contributed by atoms with E-state index in [0.717, 1.165) is 6.26 Å². The summed E-state index contributed by atoms with van der Waals surface area (Å²) in [5.41, 5.74) is 0.137. The summed E-state index contributed by atoms with van der Waals surface area (Å²) in [4.78, 5) is 11.8. The van der Waals surface area contributed by atoms with Gasteiger partial charge in [-0.25, -0.2) is 0 Å². The molecule has 1 aromatic rings. The molecule has 0 aliphatic rings. The number of halogens is 2. The van der Waals surface area contributed by atoms with Crippen LogP contribution < -0.4 is 4.74 Å². The van der Waals surface area contributed by atoms with E-state index in [0.29, 0.717) is 0 Å². The van der Waals surface area contributed by atoms with Gasteiger partial charge in [-0.15, -0.1) is 0 Å². The third-order valence-corrected chi connectivity index (χ3v) is 2.69. The molecular formula is C11H12F2O5S. The second-order valence-electron chi connectivity index (χ2n) is 3.71. The van der Waals surface area contributed by atoms with E-state index in [2.05, 4.69) is 8.92 Å². The summed E-state index contributed by atoms with van der Waals surface area (Å²) < 4.78 is 54.2. The summed E-state index contributed by atoms with van der Waals surface area (Å²) in [6.07, 6.45) is -0.354. The Morgan fingerprint density at radius 1 is 1.21 bits per heavy atom. The Morgan fingerprint density at radius 3 is 2.16 bits per heavy atom. The summed E-state index contributed by atoms with van der Waals surface area (Å²) in [5.74, 6) is -0.669. The van der Waals surface area contributed by atoms with Crippen LogP contribution in [0.5, 0.6) is 5.75 Å². The van der Waals surface area contributed by atoms with E-state index in [1.807, 2.05) is 0 Å². The van der Waals surface area contributed by atoms with Gasteiger partial charge in [0.25, 0.3) is 10.1 Å². The lowest BCUT2D eigenvalue weighted by molar-refractivity contribution is -0.0498. The van der Waals surface area contributed by atoms with Crippen LogP contribution >= 0.6 is 0 Å². The van der Waals surface area contributed by atoms with Crippen molar-refractivity contribution >= 4 is 15.9 Å². The van der Waals surface area contributed by atoms with Crippen molar-refractivity contribution in [3.8, 4) is 5.75 Å². The molecule has 0 heterocycles. The van der Waals surface area contributed by atoms with Crippen LogP contribution in [0.25, 0.3) is 0 Å². The number of hydrogen-bond donors (Lipinski definition) is 0. The minimum atomic E-state index is -3.75. The molecule has 0 aromatic heterocycles. The van der Waals surface area contributed by atoms with Crippen molar-refractivity contribution in [3.05, 3.63) is 29.8 Å². The standard InChI is InChI=1S/C11H12F2O5S/c1-7(18-19(2,15)16)10(14)8-3-5-9(6-4-8)17-11(12)13/h3-7,11H,1-2H3. The highest BCUT2D eigenvalue weighted by Crippen LogP contribution is 2.16. The van der Waals surface area contributed by atoms with Crippen LogP contribution in [0.4, 0.5) is 8.78 Å². The normalized spacial score (nSPS) is 13.3. The molecule has 0 aliphatic heterocycles. The molecular weight excluding hydrogens is 282 g/mol. The zero-order valence-corrected chi connectivity index (χ0v) is 11.0.